The van der Waals surface area contributed by atoms with E-state index in [1.165, 1.54) is 16.4 Å². The van der Waals surface area contributed by atoms with Gasteiger partial charge in [-0.15, -0.1) is 0 Å². The Hall–Kier alpha value is -0.690. The van der Waals surface area contributed by atoms with Crippen molar-refractivity contribution in [2.75, 3.05) is 19.7 Å². The molecule has 0 aliphatic heterocycles. The molecule has 1 aromatic rings. The van der Waals surface area contributed by atoms with Gasteiger partial charge in [0.1, 0.15) is 5.82 Å². The minimum Gasteiger partial charge on any atom is -0.395 e. The Morgan fingerprint density at radius 1 is 1.35 bits per heavy atom. The van der Waals surface area contributed by atoms with E-state index < -0.39 is 21.6 Å². The number of halogens is 2. The molecule has 0 fully saturated rings. The predicted molar refractivity (Wildman–Crippen MR) is 77.6 cm³/mol. The van der Waals surface area contributed by atoms with Crippen molar-refractivity contribution in [2.24, 2.45) is 0 Å². The Balaban J connectivity index is 2.93. The second-order valence-electron chi connectivity index (χ2n) is 4.47. The fraction of sp³-hybridized carbons (Fsp3) is 0.538. The third-order valence-electron chi connectivity index (χ3n) is 2.85. The number of unbranched alkanes of at least 4 members (excludes halogenated alkanes) is 1. The van der Waals surface area contributed by atoms with Crippen molar-refractivity contribution in [3.8, 4) is 0 Å². The summed E-state index contributed by atoms with van der Waals surface area (Å²) in [5.41, 5.74) is 0.0388. The van der Waals surface area contributed by atoms with E-state index in [0.29, 0.717) is 18.0 Å². The van der Waals surface area contributed by atoms with Crippen LogP contribution in [0.2, 0.25) is 5.02 Å². The molecule has 0 unspecified atom stereocenters. The van der Waals surface area contributed by atoms with E-state index in [1.807, 2.05) is 6.92 Å². The maximum absolute atomic E-state index is 13.6. The molecule has 4 nitrogen and oxygen atoms in total. The first-order valence-corrected chi connectivity index (χ1v) is 8.42. The molecule has 0 heterocycles. The van der Waals surface area contributed by atoms with E-state index in [1.54, 1.807) is 0 Å². The molecule has 0 amide bonds. The van der Waals surface area contributed by atoms with Crippen molar-refractivity contribution in [3.63, 3.8) is 0 Å². The summed E-state index contributed by atoms with van der Waals surface area (Å²) in [5, 5.41) is 9.25. The summed E-state index contributed by atoms with van der Waals surface area (Å²) >= 11 is 5.75. The van der Waals surface area contributed by atoms with Gasteiger partial charge in [-0.1, -0.05) is 24.9 Å². The number of rotatable bonds is 8. The van der Waals surface area contributed by atoms with Crippen LogP contribution in [0.25, 0.3) is 0 Å². The van der Waals surface area contributed by atoms with Crippen molar-refractivity contribution in [1.29, 1.82) is 0 Å². The van der Waals surface area contributed by atoms with Crippen LogP contribution >= 0.6 is 11.6 Å². The lowest BCUT2D eigenvalue weighted by atomic mass is 10.2. The maximum atomic E-state index is 13.6. The van der Waals surface area contributed by atoms with Gasteiger partial charge in [-0.25, -0.2) is 12.8 Å². The average Bonchev–Trinajstić information content (AvgIpc) is 2.38. The van der Waals surface area contributed by atoms with E-state index in [0.717, 1.165) is 12.5 Å². The zero-order chi connectivity index (χ0) is 15.2. The van der Waals surface area contributed by atoms with E-state index in [2.05, 4.69) is 0 Å². The number of hydrogen-bond donors (Lipinski definition) is 1. The van der Waals surface area contributed by atoms with Crippen LogP contribution in [0.5, 0.6) is 0 Å². The predicted octanol–water partition coefficient (Wildman–Crippen LogP) is 2.40. The van der Waals surface area contributed by atoms with Crippen molar-refractivity contribution in [2.45, 2.75) is 25.5 Å². The van der Waals surface area contributed by atoms with E-state index >= 15 is 0 Å². The topological polar surface area (TPSA) is 57.6 Å². The minimum atomic E-state index is -3.67. The second-order valence-corrected chi connectivity index (χ2v) is 6.87. The first-order chi connectivity index (χ1) is 9.40. The van der Waals surface area contributed by atoms with Crippen LogP contribution in [-0.2, 0) is 15.8 Å². The lowest BCUT2D eigenvalue weighted by Crippen LogP contribution is -2.35. The van der Waals surface area contributed by atoms with Gasteiger partial charge < -0.3 is 5.11 Å². The van der Waals surface area contributed by atoms with E-state index in [9.17, 15) is 12.8 Å². The molecule has 0 atom stereocenters. The van der Waals surface area contributed by atoms with E-state index in [-0.39, 0.29) is 18.7 Å². The Labute approximate surface area is 124 Å². The summed E-state index contributed by atoms with van der Waals surface area (Å²) in [6.07, 6.45) is 1.53. The number of aliphatic hydroxyl groups is 1. The van der Waals surface area contributed by atoms with Gasteiger partial charge in [-0.2, -0.15) is 4.31 Å². The standard InChI is InChI=1S/C13H19ClFNO3S/c1-2-3-6-16(7-8-17)20(18,19)10-11-9-12(14)4-5-13(11)15/h4-5,9,17H,2-3,6-8,10H2,1H3. The molecular formula is C13H19ClFNO3S. The monoisotopic (exact) mass is 323 g/mol. The van der Waals surface area contributed by atoms with Crippen LogP contribution < -0.4 is 0 Å². The van der Waals surface area contributed by atoms with Gasteiger partial charge in [-0.3, -0.25) is 0 Å². The Bertz CT molecular complexity index is 536. The molecule has 0 spiro atoms. The first-order valence-electron chi connectivity index (χ1n) is 6.43. The van der Waals surface area contributed by atoms with Crippen molar-refractivity contribution >= 4 is 21.6 Å². The molecule has 0 saturated carbocycles. The Morgan fingerprint density at radius 2 is 2.05 bits per heavy atom. The molecule has 0 aliphatic carbocycles. The SMILES string of the molecule is CCCCN(CCO)S(=O)(=O)Cc1cc(Cl)ccc1F. The van der Waals surface area contributed by atoms with Crippen LogP contribution in [0.4, 0.5) is 4.39 Å². The van der Waals surface area contributed by atoms with Gasteiger partial charge in [0.25, 0.3) is 0 Å². The Morgan fingerprint density at radius 3 is 2.65 bits per heavy atom. The molecule has 0 aliphatic rings. The van der Waals surface area contributed by atoms with Gasteiger partial charge in [0.15, 0.2) is 0 Å². The van der Waals surface area contributed by atoms with Gasteiger partial charge in [0, 0.05) is 23.7 Å². The molecule has 1 N–H and O–H groups in total. The molecule has 1 aromatic carbocycles. The quantitative estimate of drug-likeness (QED) is 0.799. The summed E-state index contributed by atoms with van der Waals surface area (Å²) < 4.78 is 39.3. The maximum Gasteiger partial charge on any atom is 0.218 e. The number of hydrogen-bond acceptors (Lipinski definition) is 3. The van der Waals surface area contributed by atoms with Crippen LogP contribution in [0.15, 0.2) is 18.2 Å². The van der Waals surface area contributed by atoms with Crippen LogP contribution in [-0.4, -0.2) is 37.5 Å². The first kappa shape index (κ1) is 17.4. The van der Waals surface area contributed by atoms with Gasteiger partial charge >= 0.3 is 0 Å². The number of aliphatic hydroxyl groups excluding tert-OH is 1. The van der Waals surface area contributed by atoms with Crippen LogP contribution in [0.1, 0.15) is 25.3 Å². The summed E-state index contributed by atoms with van der Waals surface area (Å²) in [6.45, 7) is 2.02. The largest absolute Gasteiger partial charge is 0.395 e. The van der Waals surface area contributed by atoms with Crippen LogP contribution in [0, 0.1) is 5.82 Å². The zero-order valence-electron chi connectivity index (χ0n) is 11.3. The third kappa shape index (κ3) is 5.01. The normalized spacial score (nSPS) is 12.1. The highest BCUT2D eigenvalue weighted by atomic mass is 35.5. The molecule has 20 heavy (non-hydrogen) atoms. The average molecular weight is 324 g/mol. The molecule has 0 aromatic heterocycles. The van der Waals surface area contributed by atoms with Crippen LogP contribution in [0.3, 0.4) is 0 Å². The fourth-order valence-corrected chi connectivity index (χ4v) is 3.54. The molecule has 1 rings (SSSR count). The van der Waals surface area contributed by atoms with Gasteiger partial charge in [0.05, 0.1) is 12.4 Å². The van der Waals surface area contributed by atoms with E-state index in [4.69, 9.17) is 16.7 Å². The van der Waals surface area contributed by atoms with Crippen molar-refractivity contribution in [1.82, 2.24) is 4.31 Å². The number of sulfonamides is 1. The Kier molecular flexibility index (Phi) is 6.88. The fourth-order valence-electron chi connectivity index (χ4n) is 1.78. The lowest BCUT2D eigenvalue weighted by molar-refractivity contribution is 0.252. The molecule has 0 radical (unpaired) electrons. The summed E-state index contributed by atoms with van der Waals surface area (Å²) in [6, 6.07) is 3.83. The second kappa shape index (κ2) is 7.93. The smallest absolute Gasteiger partial charge is 0.218 e. The number of benzene rings is 1. The minimum absolute atomic E-state index is 0.0184. The van der Waals surface area contributed by atoms with Gasteiger partial charge in [0.2, 0.25) is 10.0 Å². The zero-order valence-corrected chi connectivity index (χ0v) is 12.9. The third-order valence-corrected chi connectivity index (χ3v) is 4.91. The molecular weight excluding hydrogens is 305 g/mol. The summed E-state index contributed by atoms with van der Waals surface area (Å²) in [5.74, 6) is -1.05. The summed E-state index contributed by atoms with van der Waals surface area (Å²) in [7, 11) is -3.67. The molecule has 0 saturated heterocycles. The molecule has 0 bridgehead atoms. The van der Waals surface area contributed by atoms with Gasteiger partial charge in [-0.05, 0) is 24.6 Å². The molecule has 114 valence electrons. The number of nitrogens with zero attached hydrogens (tertiary/aromatic N) is 1. The highest BCUT2D eigenvalue weighted by molar-refractivity contribution is 7.88. The highest BCUT2D eigenvalue weighted by Crippen LogP contribution is 2.19. The summed E-state index contributed by atoms with van der Waals surface area (Å²) in [4.78, 5) is 0. The highest BCUT2D eigenvalue weighted by Gasteiger charge is 2.23. The lowest BCUT2D eigenvalue weighted by Gasteiger charge is -2.21. The molecule has 7 heteroatoms. The van der Waals surface area contributed by atoms with Crippen molar-refractivity contribution in [3.05, 3.63) is 34.6 Å². The van der Waals surface area contributed by atoms with Crippen molar-refractivity contribution < 1.29 is 17.9 Å².